The molecule has 1 aliphatic heterocycles. The van der Waals surface area contributed by atoms with E-state index >= 15 is 0 Å². The Balaban J connectivity index is 1.45. The molecule has 1 saturated heterocycles. The lowest BCUT2D eigenvalue weighted by Crippen LogP contribution is -2.48. The molecule has 1 N–H and O–H groups in total. The van der Waals surface area contributed by atoms with E-state index in [2.05, 4.69) is 75.8 Å². The average molecular weight is 406 g/mol. The third kappa shape index (κ3) is 6.82. The molecule has 3 rings (SSSR count). The average Bonchev–Trinajstić information content (AvgIpc) is 2.80. The van der Waals surface area contributed by atoms with Gasteiger partial charge in [0.05, 0.1) is 6.04 Å². The number of unbranched alkanes of at least 4 members (excludes halogenated alkanes) is 1. The SMILES string of the molecule is CC/C=C/C(=O)NCCCCN1CCN(C(c2ccccc2)c2ccccc2)CC1. The lowest BCUT2D eigenvalue weighted by atomic mass is 9.96. The molecule has 1 heterocycles. The maximum atomic E-state index is 11.6. The van der Waals surface area contributed by atoms with Gasteiger partial charge in [-0.25, -0.2) is 0 Å². The van der Waals surface area contributed by atoms with Crippen molar-refractivity contribution in [2.75, 3.05) is 39.3 Å². The van der Waals surface area contributed by atoms with Crippen LogP contribution in [0.4, 0.5) is 0 Å². The lowest BCUT2D eigenvalue weighted by Gasteiger charge is -2.39. The van der Waals surface area contributed by atoms with Crippen LogP contribution in [0.15, 0.2) is 72.8 Å². The van der Waals surface area contributed by atoms with Crippen molar-refractivity contribution < 1.29 is 4.79 Å². The Hall–Kier alpha value is -2.43. The molecule has 4 nitrogen and oxygen atoms in total. The van der Waals surface area contributed by atoms with Gasteiger partial charge in [-0.3, -0.25) is 9.69 Å². The van der Waals surface area contributed by atoms with Gasteiger partial charge in [-0.15, -0.1) is 0 Å². The van der Waals surface area contributed by atoms with E-state index in [4.69, 9.17) is 0 Å². The smallest absolute Gasteiger partial charge is 0.243 e. The standard InChI is InChI=1S/C26H35N3O/c1-2-3-16-25(30)27-17-10-11-18-28-19-21-29(22-20-28)26(23-12-6-4-7-13-23)24-14-8-5-9-15-24/h3-9,12-16,26H,2,10-11,17-22H2,1H3,(H,27,30)/b16-3+. The minimum absolute atomic E-state index is 0.0262. The summed E-state index contributed by atoms with van der Waals surface area (Å²) in [6.45, 7) is 8.25. The number of allylic oxidation sites excluding steroid dienone is 1. The fourth-order valence-electron chi connectivity index (χ4n) is 4.09. The zero-order chi connectivity index (χ0) is 21.0. The second-order valence-electron chi connectivity index (χ2n) is 7.91. The first kappa shape index (κ1) is 22.3. The summed E-state index contributed by atoms with van der Waals surface area (Å²) in [5, 5.41) is 2.96. The first-order valence-electron chi connectivity index (χ1n) is 11.3. The number of benzene rings is 2. The quantitative estimate of drug-likeness (QED) is 0.474. The molecule has 30 heavy (non-hydrogen) atoms. The Morgan fingerprint density at radius 2 is 1.53 bits per heavy atom. The molecule has 0 spiro atoms. The normalized spacial score (nSPS) is 15.7. The van der Waals surface area contributed by atoms with Crippen molar-refractivity contribution in [3.63, 3.8) is 0 Å². The van der Waals surface area contributed by atoms with Gasteiger partial charge in [0.15, 0.2) is 0 Å². The maximum absolute atomic E-state index is 11.6. The molecule has 2 aromatic rings. The zero-order valence-corrected chi connectivity index (χ0v) is 18.2. The molecule has 0 radical (unpaired) electrons. The summed E-state index contributed by atoms with van der Waals surface area (Å²) in [5.74, 6) is 0.0262. The molecule has 0 aromatic heterocycles. The van der Waals surface area contributed by atoms with Crippen LogP contribution in [0.25, 0.3) is 0 Å². The van der Waals surface area contributed by atoms with Gasteiger partial charge >= 0.3 is 0 Å². The summed E-state index contributed by atoms with van der Waals surface area (Å²) >= 11 is 0. The molecule has 1 aliphatic rings. The van der Waals surface area contributed by atoms with Crippen LogP contribution in [0, 0.1) is 0 Å². The van der Waals surface area contributed by atoms with Crippen molar-refractivity contribution in [2.24, 2.45) is 0 Å². The topological polar surface area (TPSA) is 35.6 Å². The summed E-state index contributed by atoms with van der Waals surface area (Å²) in [7, 11) is 0. The molecule has 1 fully saturated rings. The first-order chi connectivity index (χ1) is 14.8. The van der Waals surface area contributed by atoms with E-state index in [9.17, 15) is 4.79 Å². The van der Waals surface area contributed by atoms with E-state index in [0.717, 1.165) is 58.5 Å². The maximum Gasteiger partial charge on any atom is 0.243 e. The number of piperazine rings is 1. The predicted molar refractivity (Wildman–Crippen MR) is 124 cm³/mol. The summed E-state index contributed by atoms with van der Waals surface area (Å²) in [4.78, 5) is 16.8. The number of amides is 1. The summed E-state index contributed by atoms with van der Waals surface area (Å²) in [6, 6.07) is 22.0. The van der Waals surface area contributed by atoms with Crippen molar-refractivity contribution in [3.8, 4) is 0 Å². The second kappa shape index (κ2) is 12.3. The fourth-order valence-corrected chi connectivity index (χ4v) is 4.09. The summed E-state index contributed by atoms with van der Waals surface area (Å²) < 4.78 is 0. The van der Waals surface area contributed by atoms with Gasteiger partial charge in [-0.1, -0.05) is 73.7 Å². The van der Waals surface area contributed by atoms with Crippen LogP contribution < -0.4 is 5.32 Å². The predicted octanol–water partition coefficient (Wildman–Crippen LogP) is 4.26. The van der Waals surface area contributed by atoms with E-state index in [1.54, 1.807) is 6.08 Å². The minimum Gasteiger partial charge on any atom is -0.353 e. The van der Waals surface area contributed by atoms with Crippen LogP contribution in [-0.2, 0) is 4.79 Å². The summed E-state index contributed by atoms with van der Waals surface area (Å²) in [6.07, 6.45) is 6.58. The van der Waals surface area contributed by atoms with Gasteiger partial charge < -0.3 is 10.2 Å². The Morgan fingerprint density at radius 1 is 0.933 bits per heavy atom. The zero-order valence-electron chi connectivity index (χ0n) is 18.2. The van der Waals surface area contributed by atoms with Crippen molar-refractivity contribution in [1.29, 1.82) is 0 Å². The van der Waals surface area contributed by atoms with Crippen molar-refractivity contribution in [1.82, 2.24) is 15.1 Å². The minimum atomic E-state index is 0.0262. The molecule has 0 bridgehead atoms. The van der Waals surface area contributed by atoms with Crippen LogP contribution in [0.1, 0.15) is 43.4 Å². The third-order valence-corrected chi connectivity index (χ3v) is 5.71. The Bertz CT molecular complexity index is 728. The molecule has 0 aliphatic carbocycles. The van der Waals surface area contributed by atoms with E-state index in [-0.39, 0.29) is 5.91 Å². The molecule has 1 amide bonds. The first-order valence-corrected chi connectivity index (χ1v) is 11.3. The number of carbonyl (C=O) groups excluding carboxylic acids is 1. The van der Waals surface area contributed by atoms with Gasteiger partial charge in [0.1, 0.15) is 0 Å². The van der Waals surface area contributed by atoms with Gasteiger partial charge in [-0.05, 0) is 43.0 Å². The molecule has 0 unspecified atom stereocenters. The Labute approximate surface area is 181 Å². The number of hydrogen-bond acceptors (Lipinski definition) is 3. The molecule has 160 valence electrons. The van der Waals surface area contributed by atoms with Crippen molar-refractivity contribution in [3.05, 3.63) is 83.9 Å². The molecule has 0 atom stereocenters. The van der Waals surface area contributed by atoms with E-state index in [1.165, 1.54) is 11.1 Å². The molecule has 4 heteroatoms. The van der Waals surface area contributed by atoms with Crippen LogP contribution in [0.5, 0.6) is 0 Å². The van der Waals surface area contributed by atoms with Gasteiger partial charge in [0.2, 0.25) is 5.91 Å². The second-order valence-corrected chi connectivity index (χ2v) is 7.91. The molecule has 0 saturated carbocycles. The highest BCUT2D eigenvalue weighted by Crippen LogP contribution is 2.29. The highest BCUT2D eigenvalue weighted by molar-refractivity contribution is 5.87. The Kier molecular flexibility index (Phi) is 9.13. The van der Waals surface area contributed by atoms with Gasteiger partial charge in [-0.2, -0.15) is 0 Å². The molecular formula is C26H35N3O. The highest BCUT2D eigenvalue weighted by Gasteiger charge is 2.25. The largest absolute Gasteiger partial charge is 0.353 e. The van der Waals surface area contributed by atoms with E-state index in [0.29, 0.717) is 6.04 Å². The third-order valence-electron chi connectivity index (χ3n) is 5.71. The monoisotopic (exact) mass is 405 g/mol. The number of rotatable bonds is 10. The summed E-state index contributed by atoms with van der Waals surface area (Å²) in [5.41, 5.74) is 2.73. The molecule has 2 aromatic carbocycles. The number of nitrogens with zero attached hydrogens (tertiary/aromatic N) is 2. The van der Waals surface area contributed by atoms with Crippen LogP contribution in [-0.4, -0.2) is 55.0 Å². The highest BCUT2D eigenvalue weighted by atomic mass is 16.1. The number of carbonyl (C=O) groups is 1. The van der Waals surface area contributed by atoms with E-state index in [1.807, 2.05) is 13.0 Å². The molecular weight excluding hydrogens is 370 g/mol. The van der Waals surface area contributed by atoms with Crippen LogP contribution in [0.3, 0.4) is 0 Å². The van der Waals surface area contributed by atoms with Gasteiger partial charge in [0, 0.05) is 32.7 Å². The van der Waals surface area contributed by atoms with Crippen LogP contribution in [0.2, 0.25) is 0 Å². The van der Waals surface area contributed by atoms with Crippen molar-refractivity contribution in [2.45, 2.75) is 32.2 Å². The van der Waals surface area contributed by atoms with Crippen molar-refractivity contribution >= 4 is 5.91 Å². The fraction of sp³-hybridized carbons (Fsp3) is 0.423. The Morgan fingerprint density at radius 3 is 2.10 bits per heavy atom. The van der Waals surface area contributed by atoms with Crippen LogP contribution >= 0.6 is 0 Å². The number of hydrogen-bond donors (Lipinski definition) is 1. The lowest BCUT2D eigenvalue weighted by molar-refractivity contribution is -0.116. The number of nitrogens with one attached hydrogen (secondary N) is 1. The van der Waals surface area contributed by atoms with E-state index < -0.39 is 0 Å². The van der Waals surface area contributed by atoms with Gasteiger partial charge in [0.25, 0.3) is 0 Å².